The summed E-state index contributed by atoms with van der Waals surface area (Å²) < 4.78 is 11.1. The molecule has 13 nitrogen and oxygen atoms in total. The molecule has 0 aliphatic carbocycles. The molecule has 0 saturated carbocycles. The van der Waals surface area contributed by atoms with E-state index in [2.05, 4.69) is 4.90 Å². The predicted molar refractivity (Wildman–Crippen MR) is 169 cm³/mol. The zero-order valence-corrected chi connectivity index (χ0v) is 25.8. The van der Waals surface area contributed by atoms with Crippen molar-refractivity contribution in [2.24, 2.45) is 0 Å². The molecule has 246 valence electrons. The Labute approximate surface area is 266 Å². The molecule has 0 amide bonds. The average Bonchev–Trinajstić information content (AvgIpc) is 2.97. The smallest absolute Gasteiger partial charge is 0.306 e. The topological polar surface area (TPSA) is 197 Å². The molecule has 0 aliphatic rings. The van der Waals surface area contributed by atoms with E-state index >= 15 is 0 Å². The van der Waals surface area contributed by atoms with Crippen molar-refractivity contribution < 1.29 is 49.2 Å². The number of hydrogen-bond acceptors (Lipinski definition) is 9. The van der Waals surface area contributed by atoms with Crippen LogP contribution in [-0.2, 0) is 14.4 Å². The molecule has 0 unspecified atom stereocenters. The predicted octanol–water partition coefficient (Wildman–Crippen LogP) is 4.36. The number of nitro groups is 1. The summed E-state index contributed by atoms with van der Waals surface area (Å²) in [5.41, 5.74) is 0.391. The van der Waals surface area contributed by atoms with Crippen molar-refractivity contribution in [3.05, 3.63) is 106 Å². The molecule has 0 atom stereocenters. The van der Waals surface area contributed by atoms with Crippen molar-refractivity contribution >= 4 is 29.2 Å². The third-order valence-electron chi connectivity index (χ3n) is 6.45. The lowest BCUT2D eigenvalue weighted by Gasteiger charge is -2.21. The van der Waals surface area contributed by atoms with Gasteiger partial charge in [0.1, 0.15) is 11.5 Å². The van der Waals surface area contributed by atoms with Crippen molar-refractivity contribution in [2.75, 3.05) is 34.4 Å². The highest BCUT2D eigenvalue weighted by molar-refractivity contribution is 5.95. The number of nitrogens with zero attached hydrogens (tertiary/aromatic N) is 2. The van der Waals surface area contributed by atoms with Crippen molar-refractivity contribution in [2.45, 2.75) is 31.3 Å². The Bertz CT molecular complexity index is 1450. The number of aliphatic hydroxyl groups is 1. The molecule has 46 heavy (non-hydrogen) atoms. The number of aliphatic carboxylic acids is 3. The second-order valence-corrected chi connectivity index (χ2v) is 10.5. The number of carboxylic acids is 3. The average molecular weight is 639 g/mol. The van der Waals surface area contributed by atoms with Gasteiger partial charge in [0.05, 0.1) is 54.6 Å². The maximum Gasteiger partial charge on any atom is 0.306 e. The van der Waals surface area contributed by atoms with Crippen molar-refractivity contribution in [1.82, 2.24) is 4.90 Å². The number of carboxylic acid groups (broad SMARTS) is 3. The summed E-state index contributed by atoms with van der Waals surface area (Å²) >= 11 is 0. The molecule has 0 heterocycles. The number of carbonyl (C=O) groups is 3. The van der Waals surface area contributed by atoms with Crippen LogP contribution in [0.5, 0.6) is 11.5 Å². The minimum atomic E-state index is -2.23. The molecule has 3 rings (SSSR count). The highest BCUT2D eigenvalue weighted by Gasteiger charge is 2.35. The summed E-state index contributed by atoms with van der Waals surface area (Å²) in [6.07, 6.45) is -1.81. The Morgan fingerprint density at radius 1 is 0.761 bits per heavy atom. The molecular formula is C33H38N2O11. The lowest BCUT2D eigenvalue weighted by molar-refractivity contribution is -0.374. The van der Waals surface area contributed by atoms with Gasteiger partial charge >= 0.3 is 17.9 Å². The summed E-state index contributed by atoms with van der Waals surface area (Å²) in [4.78, 5) is 44.7. The Hall–Kier alpha value is -5.27. The first kappa shape index (κ1) is 36.9. The van der Waals surface area contributed by atoms with Crippen LogP contribution in [0.3, 0.4) is 0 Å². The van der Waals surface area contributed by atoms with E-state index in [0.29, 0.717) is 23.5 Å². The van der Waals surface area contributed by atoms with Gasteiger partial charge in [-0.05, 0) is 68.0 Å². The molecule has 0 bridgehead atoms. The number of hydrogen-bond donors (Lipinski definition) is 4. The minimum absolute atomic E-state index is 0.0513. The molecule has 0 radical (unpaired) electrons. The van der Waals surface area contributed by atoms with Gasteiger partial charge in [-0.2, -0.15) is 0 Å². The third kappa shape index (κ3) is 12.4. The summed E-state index contributed by atoms with van der Waals surface area (Å²) in [7, 11) is 5.65. The lowest BCUT2D eigenvalue weighted by atomic mass is 9.92. The molecule has 0 saturated heterocycles. The fourth-order valence-corrected chi connectivity index (χ4v) is 4.46. The Morgan fingerprint density at radius 3 is 1.61 bits per heavy atom. The van der Waals surface area contributed by atoms with Gasteiger partial charge in [0.25, 0.3) is 5.70 Å². The van der Waals surface area contributed by atoms with E-state index in [4.69, 9.17) is 24.8 Å². The van der Waals surface area contributed by atoms with Crippen LogP contribution in [0.4, 0.5) is 0 Å². The molecular weight excluding hydrogens is 600 g/mol. The Kier molecular flexibility index (Phi) is 14.4. The second kappa shape index (κ2) is 17.9. The highest BCUT2D eigenvalue weighted by Crippen LogP contribution is 2.34. The highest BCUT2D eigenvalue weighted by atomic mass is 16.6. The SMILES string of the molecule is COc1ccc(/C(=C(\c2ccccc2)[N+](=O)[O-])c2ccc(OCCCN(C)C)cc2)cc1.O=C(O)CC(O)(CC(=O)O)CC(=O)O. The fraction of sp³-hybridized carbons (Fsp3) is 0.303. The standard InChI is InChI=1S/C26H28N2O4.C7H10O7/c1-27(2)18-7-19-32-24-16-12-21(13-17-24)25(20-10-14-23(31-3)15-11-20)26(28(29)30)22-8-5-4-6-9-22;8-4(9)1-7(14,2-5(10)11)3-6(12)13/h4-6,8-17H,7,18-19H2,1-3H3;14H,1-3H2,(H,8,9)(H,10,11)(H,12,13)/b26-25-;. The van der Waals surface area contributed by atoms with Gasteiger partial charge in [-0.1, -0.05) is 42.5 Å². The number of benzene rings is 3. The summed E-state index contributed by atoms with van der Waals surface area (Å²) in [6.45, 7) is 1.56. The van der Waals surface area contributed by atoms with Crippen molar-refractivity contribution in [3.8, 4) is 11.5 Å². The van der Waals surface area contributed by atoms with Crippen LogP contribution in [-0.4, -0.2) is 88.1 Å². The molecule has 0 fully saturated rings. The van der Waals surface area contributed by atoms with Gasteiger partial charge < -0.3 is 34.8 Å². The normalized spacial score (nSPS) is 11.5. The zero-order chi connectivity index (χ0) is 34.3. The zero-order valence-electron chi connectivity index (χ0n) is 25.8. The quantitative estimate of drug-likeness (QED) is 0.0750. The minimum Gasteiger partial charge on any atom is -0.497 e. The first-order valence-electron chi connectivity index (χ1n) is 14.1. The van der Waals surface area contributed by atoms with Gasteiger partial charge in [0, 0.05) is 6.54 Å². The fourth-order valence-electron chi connectivity index (χ4n) is 4.46. The first-order chi connectivity index (χ1) is 21.7. The van der Waals surface area contributed by atoms with E-state index in [0.717, 1.165) is 29.8 Å². The Morgan fingerprint density at radius 2 is 1.22 bits per heavy atom. The van der Waals surface area contributed by atoms with Crippen LogP contribution in [0.25, 0.3) is 11.3 Å². The van der Waals surface area contributed by atoms with Crippen LogP contribution in [0, 0.1) is 10.1 Å². The molecule has 0 aromatic heterocycles. The van der Waals surface area contributed by atoms with Gasteiger partial charge in [-0.15, -0.1) is 0 Å². The van der Waals surface area contributed by atoms with Gasteiger partial charge in [0.2, 0.25) is 0 Å². The van der Waals surface area contributed by atoms with E-state index in [1.165, 1.54) is 0 Å². The van der Waals surface area contributed by atoms with Crippen molar-refractivity contribution in [1.29, 1.82) is 0 Å². The second-order valence-electron chi connectivity index (χ2n) is 10.5. The van der Waals surface area contributed by atoms with Crippen LogP contribution in [0.1, 0.15) is 42.4 Å². The van der Waals surface area contributed by atoms with Gasteiger partial charge in [0.15, 0.2) is 0 Å². The largest absolute Gasteiger partial charge is 0.497 e. The maximum absolute atomic E-state index is 12.2. The number of rotatable bonds is 16. The summed E-state index contributed by atoms with van der Waals surface area (Å²) in [5.74, 6) is -2.92. The van der Waals surface area contributed by atoms with E-state index in [1.807, 2.05) is 56.6 Å². The van der Waals surface area contributed by atoms with Gasteiger partial charge in [-0.25, -0.2) is 0 Å². The van der Waals surface area contributed by atoms with E-state index in [1.54, 1.807) is 43.5 Å². The lowest BCUT2D eigenvalue weighted by Crippen LogP contribution is -2.36. The monoisotopic (exact) mass is 638 g/mol. The van der Waals surface area contributed by atoms with Crippen LogP contribution >= 0.6 is 0 Å². The van der Waals surface area contributed by atoms with Crippen LogP contribution in [0.2, 0.25) is 0 Å². The van der Waals surface area contributed by atoms with Crippen LogP contribution in [0.15, 0.2) is 78.9 Å². The van der Waals surface area contributed by atoms with Crippen LogP contribution < -0.4 is 9.47 Å². The van der Waals surface area contributed by atoms with E-state index < -0.39 is 42.8 Å². The maximum atomic E-state index is 12.2. The van der Waals surface area contributed by atoms with E-state index in [9.17, 15) is 29.6 Å². The third-order valence-corrected chi connectivity index (χ3v) is 6.45. The first-order valence-corrected chi connectivity index (χ1v) is 14.1. The molecule has 3 aromatic carbocycles. The molecule has 4 N–H and O–H groups in total. The van der Waals surface area contributed by atoms with Crippen molar-refractivity contribution in [3.63, 3.8) is 0 Å². The number of methoxy groups -OCH3 is 1. The summed E-state index contributed by atoms with van der Waals surface area (Å²) in [5, 5.41) is 46.6. The summed E-state index contributed by atoms with van der Waals surface area (Å²) in [6, 6.07) is 23.7. The van der Waals surface area contributed by atoms with Gasteiger partial charge in [-0.3, -0.25) is 24.5 Å². The number of ether oxygens (including phenoxy) is 2. The molecule has 13 heteroatoms. The Balaban J connectivity index is 0.000000444. The molecule has 3 aromatic rings. The molecule has 0 spiro atoms. The molecule has 0 aliphatic heterocycles. The van der Waals surface area contributed by atoms with E-state index in [-0.39, 0.29) is 10.6 Å².